The molecule has 1 aromatic carbocycles. The van der Waals surface area contributed by atoms with Crippen LogP contribution in [0.4, 0.5) is 5.82 Å². The molecular weight excluding hydrogens is 200 g/mol. The van der Waals surface area contributed by atoms with Gasteiger partial charge in [0.05, 0.1) is 0 Å². The number of benzene rings is 1. The Balaban J connectivity index is 2.05. The Morgan fingerprint density at radius 3 is 2.69 bits per heavy atom. The Kier molecular flexibility index (Phi) is 3.38. The largest absolute Gasteiger partial charge is 0.489 e. The third-order valence-corrected chi connectivity index (χ3v) is 2.27. The van der Waals surface area contributed by atoms with Crippen LogP contribution in [0.25, 0.3) is 0 Å². The molecule has 2 aromatic rings. The molecule has 0 unspecified atom stereocenters. The molecule has 1 N–H and O–H groups in total. The quantitative estimate of drug-likeness (QED) is 0.849. The molecule has 0 aliphatic heterocycles. The number of aromatic nitrogens is 1. The monoisotopic (exact) mass is 214 g/mol. The molecule has 2 rings (SSSR count). The second kappa shape index (κ2) is 5.16. The first-order valence-corrected chi connectivity index (χ1v) is 5.19. The summed E-state index contributed by atoms with van der Waals surface area (Å²) in [5, 5.41) is 3.04. The van der Waals surface area contributed by atoms with E-state index in [0.717, 1.165) is 17.1 Å². The van der Waals surface area contributed by atoms with Crippen LogP contribution >= 0.6 is 0 Å². The Labute approximate surface area is 95.1 Å². The summed E-state index contributed by atoms with van der Waals surface area (Å²) >= 11 is 0. The lowest BCUT2D eigenvalue weighted by Crippen LogP contribution is -2.02. The highest BCUT2D eigenvalue weighted by molar-refractivity contribution is 5.42. The van der Waals surface area contributed by atoms with E-state index in [-0.39, 0.29) is 0 Å². The number of anilines is 1. The van der Waals surface area contributed by atoms with Gasteiger partial charge in [-0.2, -0.15) is 0 Å². The summed E-state index contributed by atoms with van der Waals surface area (Å²) in [7, 11) is 1.86. The van der Waals surface area contributed by atoms with Crippen LogP contribution < -0.4 is 10.1 Å². The van der Waals surface area contributed by atoms with Crippen LogP contribution in [-0.2, 0) is 6.61 Å². The third-order valence-electron chi connectivity index (χ3n) is 2.27. The molecule has 0 fully saturated rings. The number of pyridine rings is 1. The summed E-state index contributed by atoms with van der Waals surface area (Å²) in [5.41, 5.74) is 1.05. The minimum absolute atomic E-state index is 0.522. The van der Waals surface area contributed by atoms with Crippen molar-refractivity contribution in [3.05, 3.63) is 54.2 Å². The smallest absolute Gasteiger partial charge is 0.132 e. The zero-order chi connectivity index (χ0) is 11.2. The van der Waals surface area contributed by atoms with Gasteiger partial charge >= 0.3 is 0 Å². The van der Waals surface area contributed by atoms with E-state index in [4.69, 9.17) is 4.74 Å². The number of hydrogen-bond donors (Lipinski definition) is 1. The first-order valence-electron chi connectivity index (χ1n) is 5.19. The van der Waals surface area contributed by atoms with Crippen molar-refractivity contribution >= 4 is 5.82 Å². The molecule has 0 aliphatic carbocycles. The normalized spacial score (nSPS) is 9.81. The SMILES string of the molecule is CNc1ncccc1COc1ccccc1. The van der Waals surface area contributed by atoms with Gasteiger partial charge in [-0.3, -0.25) is 0 Å². The van der Waals surface area contributed by atoms with E-state index in [1.807, 2.05) is 49.5 Å². The molecule has 3 heteroatoms. The molecule has 16 heavy (non-hydrogen) atoms. The minimum atomic E-state index is 0.522. The Morgan fingerprint density at radius 1 is 1.12 bits per heavy atom. The van der Waals surface area contributed by atoms with E-state index in [9.17, 15) is 0 Å². The van der Waals surface area contributed by atoms with E-state index < -0.39 is 0 Å². The van der Waals surface area contributed by atoms with Gasteiger partial charge in [0.15, 0.2) is 0 Å². The first kappa shape index (κ1) is 10.5. The van der Waals surface area contributed by atoms with Crippen molar-refractivity contribution in [3.8, 4) is 5.75 Å². The average Bonchev–Trinajstić information content (AvgIpc) is 2.38. The highest BCUT2D eigenvalue weighted by Gasteiger charge is 2.01. The standard InChI is InChI=1S/C13H14N2O/c1-14-13-11(6-5-9-15-13)10-16-12-7-3-2-4-8-12/h2-9H,10H2,1H3,(H,14,15). The molecule has 0 radical (unpaired) electrons. The predicted molar refractivity (Wildman–Crippen MR) is 64.6 cm³/mol. The van der Waals surface area contributed by atoms with Crippen LogP contribution in [0.1, 0.15) is 5.56 Å². The number of hydrogen-bond acceptors (Lipinski definition) is 3. The maximum Gasteiger partial charge on any atom is 0.132 e. The van der Waals surface area contributed by atoms with Gasteiger partial charge in [-0.1, -0.05) is 24.3 Å². The van der Waals surface area contributed by atoms with E-state index in [1.165, 1.54) is 0 Å². The number of nitrogens with zero attached hydrogens (tertiary/aromatic N) is 1. The molecule has 1 heterocycles. The Hall–Kier alpha value is -2.03. The van der Waals surface area contributed by atoms with Crippen molar-refractivity contribution in [2.24, 2.45) is 0 Å². The molecule has 0 saturated carbocycles. The molecule has 0 aliphatic rings. The highest BCUT2D eigenvalue weighted by atomic mass is 16.5. The van der Waals surface area contributed by atoms with Gasteiger partial charge in [0, 0.05) is 18.8 Å². The molecule has 3 nitrogen and oxygen atoms in total. The summed E-state index contributed by atoms with van der Waals surface area (Å²) in [6.07, 6.45) is 1.76. The van der Waals surface area contributed by atoms with Crippen LogP contribution in [0.3, 0.4) is 0 Å². The van der Waals surface area contributed by atoms with E-state index >= 15 is 0 Å². The van der Waals surface area contributed by atoms with E-state index in [1.54, 1.807) is 6.20 Å². The maximum atomic E-state index is 5.65. The second-order valence-electron chi connectivity index (χ2n) is 3.36. The van der Waals surface area contributed by atoms with Crippen LogP contribution in [0.5, 0.6) is 5.75 Å². The summed E-state index contributed by atoms with van der Waals surface area (Å²) in [5.74, 6) is 1.73. The van der Waals surface area contributed by atoms with Crippen LogP contribution in [0, 0.1) is 0 Å². The minimum Gasteiger partial charge on any atom is -0.489 e. The van der Waals surface area contributed by atoms with Gasteiger partial charge in [-0.05, 0) is 18.2 Å². The molecule has 0 saturated heterocycles. The molecule has 82 valence electrons. The molecule has 0 amide bonds. The number of nitrogens with one attached hydrogen (secondary N) is 1. The fourth-order valence-electron chi connectivity index (χ4n) is 1.46. The van der Waals surface area contributed by atoms with Crippen molar-refractivity contribution in [1.29, 1.82) is 0 Å². The summed E-state index contributed by atoms with van der Waals surface area (Å²) in [6, 6.07) is 13.7. The van der Waals surface area contributed by atoms with E-state index in [2.05, 4.69) is 10.3 Å². The molecular formula is C13H14N2O. The van der Waals surface area contributed by atoms with Crippen LogP contribution in [0.15, 0.2) is 48.7 Å². The average molecular weight is 214 g/mol. The van der Waals surface area contributed by atoms with Gasteiger partial charge < -0.3 is 10.1 Å². The van der Waals surface area contributed by atoms with Gasteiger partial charge in [-0.25, -0.2) is 4.98 Å². The number of ether oxygens (including phenoxy) is 1. The second-order valence-corrected chi connectivity index (χ2v) is 3.36. The van der Waals surface area contributed by atoms with Crippen LogP contribution in [0.2, 0.25) is 0 Å². The van der Waals surface area contributed by atoms with Gasteiger partial charge in [0.2, 0.25) is 0 Å². The van der Waals surface area contributed by atoms with Crippen molar-refractivity contribution in [3.63, 3.8) is 0 Å². The molecule has 1 aromatic heterocycles. The van der Waals surface area contributed by atoms with Crippen molar-refractivity contribution in [1.82, 2.24) is 4.98 Å². The van der Waals surface area contributed by atoms with Gasteiger partial charge in [-0.15, -0.1) is 0 Å². The summed E-state index contributed by atoms with van der Waals surface area (Å²) in [6.45, 7) is 0.522. The fraction of sp³-hybridized carbons (Fsp3) is 0.154. The zero-order valence-corrected chi connectivity index (χ0v) is 9.18. The third kappa shape index (κ3) is 2.51. The summed E-state index contributed by atoms with van der Waals surface area (Å²) in [4.78, 5) is 4.22. The van der Waals surface area contributed by atoms with Gasteiger partial charge in [0.25, 0.3) is 0 Å². The van der Waals surface area contributed by atoms with Crippen LogP contribution in [-0.4, -0.2) is 12.0 Å². The summed E-state index contributed by atoms with van der Waals surface area (Å²) < 4.78 is 5.65. The maximum absolute atomic E-state index is 5.65. The first-order chi connectivity index (χ1) is 7.90. The fourth-order valence-corrected chi connectivity index (χ4v) is 1.46. The lowest BCUT2D eigenvalue weighted by Gasteiger charge is -2.09. The molecule has 0 bridgehead atoms. The Morgan fingerprint density at radius 2 is 1.94 bits per heavy atom. The topological polar surface area (TPSA) is 34.2 Å². The lowest BCUT2D eigenvalue weighted by atomic mass is 10.2. The van der Waals surface area contributed by atoms with E-state index in [0.29, 0.717) is 6.61 Å². The lowest BCUT2D eigenvalue weighted by molar-refractivity contribution is 0.306. The number of rotatable bonds is 4. The van der Waals surface area contributed by atoms with Crippen molar-refractivity contribution in [2.45, 2.75) is 6.61 Å². The predicted octanol–water partition coefficient (Wildman–Crippen LogP) is 2.70. The zero-order valence-electron chi connectivity index (χ0n) is 9.18. The molecule has 0 atom stereocenters. The van der Waals surface area contributed by atoms with Gasteiger partial charge in [0.1, 0.15) is 18.2 Å². The van der Waals surface area contributed by atoms with Crippen molar-refractivity contribution in [2.75, 3.05) is 12.4 Å². The Bertz CT molecular complexity index is 443. The molecule has 0 spiro atoms. The van der Waals surface area contributed by atoms with Crippen molar-refractivity contribution < 1.29 is 4.74 Å². The number of para-hydroxylation sites is 1. The highest BCUT2D eigenvalue weighted by Crippen LogP contribution is 2.15.